The molecule has 0 amide bonds. The van der Waals surface area contributed by atoms with E-state index >= 15 is 0 Å². The number of rotatable bonds is 49. The molecule has 0 aromatic rings. The second kappa shape index (κ2) is 52.7. The van der Waals surface area contributed by atoms with Gasteiger partial charge in [-0.25, -0.2) is 0 Å². The molecular formula is C58H102O6. The zero-order chi connectivity index (χ0) is 46.5. The van der Waals surface area contributed by atoms with Gasteiger partial charge >= 0.3 is 17.9 Å². The van der Waals surface area contributed by atoms with E-state index in [4.69, 9.17) is 14.2 Å². The zero-order valence-electron chi connectivity index (χ0n) is 42.3. The summed E-state index contributed by atoms with van der Waals surface area (Å²) in [5, 5.41) is 0. The monoisotopic (exact) mass is 895 g/mol. The van der Waals surface area contributed by atoms with E-state index in [0.717, 1.165) is 70.6 Å². The van der Waals surface area contributed by atoms with Crippen LogP contribution in [0, 0.1) is 0 Å². The highest BCUT2D eigenvalue weighted by molar-refractivity contribution is 5.71. The summed E-state index contributed by atoms with van der Waals surface area (Å²) in [4.78, 5) is 38.0. The van der Waals surface area contributed by atoms with Crippen LogP contribution in [0.1, 0.15) is 271 Å². The Morgan fingerprint density at radius 1 is 0.328 bits per heavy atom. The molecule has 0 spiro atoms. The Bertz CT molecular complexity index is 1170. The predicted octanol–water partition coefficient (Wildman–Crippen LogP) is 18.0. The van der Waals surface area contributed by atoms with E-state index in [-0.39, 0.29) is 37.5 Å². The van der Waals surface area contributed by atoms with Crippen LogP contribution in [0.15, 0.2) is 60.8 Å². The molecule has 0 saturated heterocycles. The molecular weight excluding hydrogens is 793 g/mol. The third kappa shape index (κ3) is 50.1. The number of carbonyl (C=O) groups is 3. The summed E-state index contributed by atoms with van der Waals surface area (Å²) in [5.74, 6) is -0.979. The van der Waals surface area contributed by atoms with Crippen molar-refractivity contribution in [2.24, 2.45) is 0 Å². The lowest BCUT2D eigenvalue weighted by molar-refractivity contribution is -0.166. The highest BCUT2D eigenvalue weighted by Crippen LogP contribution is 2.15. The molecule has 0 saturated carbocycles. The average molecular weight is 895 g/mol. The molecule has 0 aromatic carbocycles. The number of esters is 3. The molecule has 0 aromatic heterocycles. The van der Waals surface area contributed by atoms with Crippen LogP contribution < -0.4 is 0 Å². The van der Waals surface area contributed by atoms with Crippen molar-refractivity contribution in [3.63, 3.8) is 0 Å². The van der Waals surface area contributed by atoms with Gasteiger partial charge in [-0.2, -0.15) is 0 Å². The summed E-state index contributed by atoms with van der Waals surface area (Å²) in [6, 6.07) is 0. The third-order valence-electron chi connectivity index (χ3n) is 11.8. The fourth-order valence-electron chi connectivity index (χ4n) is 7.67. The largest absolute Gasteiger partial charge is 0.462 e. The fourth-order valence-corrected chi connectivity index (χ4v) is 7.67. The third-order valence-corrected chi connectivity index (χ3v) is 11.8. The van der Waals surface area contributed by atoms with Crippen molar-refractivity contribution in [2.75, 3.05) is 13.2 Å². The molecule has 0 fully saturated rings. The lowest BCUT2D eigenvalue weighted by Gasteiger charge is -2.18. The van der Waals surface area contributed by atoms with Crippen LogP contribution in [0.4, 0.5) is 0 Å². The first-order chi connectivity index (χ1) is 31.5. The Kier molecular flexibility index (Phi) is 50.4. The SMILES string of the molecule is CCCCCCC\C=C/C=C\C=C/CCCCCCCC(=O)OCC(COC(=O)CC/C=C\C/C=C\CCCCCCCC)OC(=O)CCCCCCCCCCCCCCCCC. The number of carbonyl (C=O) groups excluding carboxylic acids is 3. The summed E-state index contributed by atoms with van der Waals surface area (Å²) in [6.45, 7) is 6.56. The summed E-state index contributed by atoms with van der Waals surface area (Å²) in [7, 11) is 0. The number of ether oxygens (including phenoxy) is 3. The smallest absolute Gasteiger partial charge is 0.306 e. The van der Waals surface area contributed by atoms with Gasteiger partial charge in [0.25, 0.3) is 0 Å². The first-order valence-corrected chi connectivity index (χ1v) is 27.3. The van der Waals surface area contributed by atoms with Crippen LogP contribution >= 0.6 is 0 Å². The normalized spacial score (nSPS) is 12.5. The van der Waals surface area contributed by atoms with Gasteiger partial charge in [-0.15, -0.1) is 0 Å². The van der Waals surface area contributed by atoms with Gasteiger partial charge in [-0.05, 0) is 64.2 Å². The molecule has 0 N–H and O–H groups in total. The van der Waals surface area contributed by atoms with Crippen molar-refractivity contribution in [1.82, 2.24) is 0 Å². The maximum Gasteiger partial charge on any atom is 0.306 e. The molecule has 0 heterocycles. The predicted molar refractivity (Wildman–Crippen MR) is 275 cm³/mol. The van der Waals surface area contributed by atoms with Crippen molar-refractivity contribution in [1.29, 1.82) is 0 Å². The van der Waals surface area contributed by atoms with Gasteiger partial charge in [0.2, 0.25) is 0 Å². The molecule has 1 unspecified atom stereocenters. The number of hydrogen-bond acceptors (Lipinski definition) is 6. The van der Waals surface area contributed by atoms with Crippen molar-refractivity contribution < 1.29 is 28.6 Å². The summed E-state index contributed by atoms with van der Waals surface area (Å²) >= 11 is 0. The molecule has 0 aliphatic rings. The first-order valence-electron chi connectivity index (χ1n) is 27.3. The minimum absolute atomic E-state index is 0.0999. The number of allylic oxidation sites excluding steroid dienone is 10. The van der Waals surface area contributed by atoms with Gasteiger partial charge in [0, 0.05) is 19.3 Å². The second-order valence-corrected chi connectivity index (χ2v) is 18.2. The maximum absolute atomic E-state index is 12.8. The van der Waals surface area contributed by atoms with E-state index in [9.17, 15) is 14.4 Å². The zero-order valence-corrected chi connectivity index (χ0v) is 42.3. The van der Waals surface area contributed by atoms with Gasteiger partial charge in [0.1, 0.15) is 13.2 Å². The molecule has 0 aliphatic heterocycles. The van der Waals surface area contributed by atoms with Crippen LogP contribution in [0.25, 0.3) is 0 Å². The van der Waals surface area contributed by atoms with Crippen LogP contribution in [0.2, 0.25) is 0 Å². The second-order valence-electron chi connectivity index (χ2n) is 18.2. The fraction of sp³-hybridized carbons (Fsp3) is 0.776. The van der Waals surface area contributed by atoms with E-state index in [0.29, 0.717) is 19.3 Å². The Labute approximate surface area is 396 Å². The topological polar surface area (TPSA) is 78.9 Å². The van der Waals surface area contributed by atoms with Crippen molar-refractivity contribution >= 4 is 17.9 Å². The van der Waals surface area contributed by atoms with Crippen LogP contribution in [-0.2, 0) is 28.6 Å². The summed E-state index contributed by atoms with van der Waals surface area (Å²) < 4.78 is 16.8. The van der Waals surface area contributed by atoms with Crippen LogP contribution in [0.3, 0.4) is 0 Å². The molecule has 0 radical (unpaired) electrons. The minimum atomic E-state index is -0.802. The van der Waals surface area contributed by atoms with Crippen molar-refractivity contribution in [2.45, 2.75) is 277 Å². The molecule has 370 valence electrons. The van der Waals surface area contributed by atoms with Crippen molar-refractivity contribution in [3.8, 4) is 0 Å². The van der Waals surface area contributed by atoms with E-state index in [1.165, 1.54) is 154 Å². The lowest BCUT2D eigenvalue weighted by atomic mass is 10.0. The highest BCUT2D eigenvalue weighted by atomic mass is 16.6. The molecule has 64 heavy (non-hydrogen) atoms. The minimum Gasteiger partial charge on any atom is -0.462 e. The number of unbranched alkanes of at least 4 members (excludes halogenated alkanes) is 30. The van der Waals surface area contributed by atoms with E-state index in [2.05, 4.69) is 75.5 Å². The molecule has 6 nitrogen and oxygen atoms in total. The summed E-state index contributed by atoms with van der Waals surface area (Å²) in [5.41, 5.74) is 0. The summed E-state index contributed by atoms with van der Waals surface area (Å²) in [6.07, 6.45) is 65.0. The highest BCUT2D eigenvalue weighted by Gasteiger charge is 2.19. The van der Waals surface area contributed by atoms with E-state index in [1.807, 2.05) is 6.08 Å². The van der Waals surface area contributed by atoms with Crippen molar-refractivity contribution in [3.05, 3.63) is 60.8 Å². The first kappa shape index (κ1) is 61.1. The average Bonchev–Trinajstić information content (AvgIpc) is 3.29. The van der Waals surface area contributed by atoms with Gasteiger partial charge in [0.05, 0.1) is 0 Å². The molecule has 0 bridgehead atoms. The van der Waals surface area contributed by atoms with Gasteiger partial charge in [-0.3, -0.25) is 14.4 Å². The molecule has 0 aliphatic carbocycles. The standard InChI is InChI=1S/C58H102O6/c1-4-7-10-13-16-19-22-25-27-28-29-31-33-36-39-42-45-48-51-57(60)63-54-55(53-62-56(59)50-47-44-41-38-35-32-24-21-18-15-12-9-6-3)64-58(61)52-49-46-43-40-37-34-30-26-23-20-17-14-11-8-5-2/h22,25,27-29,31-32,35,41,44,55H,4-21,23-24,26,30,33-34,36-40,42-43,45-54H2,1-3H3/b25-22-,28-27-,31-29-,35-32-,44-41-. The van der Waals surface area contributed by atoms with Crippen LogP contribution in [-0.4, -0.2) is 37.2 Å². The Balaban J connectivity index is 4.45. The number of hydrogen-bond donors (Lipinski definition) is 0. The quantitative estimate of drug-likeness (QED) is 0.0199. The van der Waals surface area contributed by atoms with Gasteiger partial charge < -0.3 is 14.2 Å². The maximum atomic E-state index is 12.8. The van der Waals surface area contributed by atoms with Gasteiger partial charge in [0.15, 0.2) is 6.10 Å². The Morgan fingerprint density at radius 3 is 1.08 bits per heavy atom. The lowest BCUT2D eigenvalue weighted by Crippen LogP contribution is -2.30. The Hall–Kier alpha value is -2.89. The van der Waals surface area contributed by atoms with Gasteiger partial charge in [-0.1, -0.05) is 248 Å². The van der Waals surface area contributed by atoms with Crippen LogP contribution in [0.5, 0.6) is 0 Å². The molecule has 6 heteroatoms. The Morgan fingerprint density at radius 2 is 0.656 bits per heavy atom. The molecule has 0 rings (SSSR count). The van der Waals surface area contributed by atoms with E-state index in [1.54, 1.807) is 0 Å². The van der Waals surface area contributed by atoms with E-state index < -0.39 is 6.10 Å². The molecule has 1 atom stereocenters.